The summed E-state index contributed by atoms with van der Waals surface area (Å²) in [5, 5.41) is 17.8. The number of carbonyl (C=O) groups excluding carboxylic acids is 1. The van der Waals surface area contributed by atoms with Gasteiger partial charge in [-0.15, -0.1) is 0 Å². The second-order valence-electron chi connectivity index (χ2n) is 2.45. The highest BCUT2D eigenvalue weighted by Crippen LogP contribution is 2.18. The van der Waals surface area contributed by atoms with Gasteiger partial charge in [-0.2, -0.15) is 0 Å². The Labute approximate surface area is 62.6 Å². The van der Waals surface area contributed by atoms with Crippen LogP contribution in [0.5, 0.6) is 0 Å². The molecule has 4 nitrogen and oxygen atoms in total. The monoisotopic (exact) mass is 164 g/mol. The SMILES string of the molecule is O=C1CC(O)C(C(O)CF)O1. The van der Waals surface area contributed by atoms with Gasteiger partial charge in [0.2, 0.25) is 0 Å². The largest absolute Gasteiger partial charge is 0.457 e. The van der Waals surface area contributed by atoms with E-state index in [0.717, 1.165) is 0 Å². The zero-order valence-corrected chi connectivity index (χ0v) is 5.74. The molecule has 0 aromatic heterocycles. The summed E-state index contributed by atoms with van der Waals surface area (Å²) >= 11 is 0. The smallest absolute Gasteiger partial charge is 0.309 e. The van der Waals surface area contributed by atoms with Crippen molar-refractivity contribution in [2.75, 3.05) is 6.67 Å². The molecule has 1 heterocycles. The summed E-state index contributed by atoms with van der Waals surface area (Å²) in [7, 11) is 0. The molecule has 11 heavy (non-hydrogen) atoms. The molecule has 0 radical (unpaired) electrons. The molecule has 3 atom stereocenters. The average Bonchev–Trinajstić information content (AvgIpc) is 2.28. The summed E-state index contributed by atoms with van der Waals surface area (Å²) in [4.78, 5) is 10.5. The summed E-state index contributed by atoms with van der Waals surface area (Å²) in [6.07, 6.45) is -3.74. The summed E-state index contributed by atoms with van der Waals surface area (Å²) in [5.41, 5.74) is 0. The summed E-state index contributed by atoms with van der Waals surface area (Å²) in [6, 6.07) is 0. The first kappa shape index (κ1) is 8.42. The lowest BCUT2D eigenvalue weighted by atomic mass is 10.1. The number of carbonyl (C=O) groups is 1. The van der Waals surface area contributed by atoms with E-state index in [0.29, 0.717) is 0 Å². The van der Waals surface area contributed by atoms with Gasteiger partial charge in [-0.3, -0.25) is 4.79 Å². The number of esters is 1. The van der Waals surface area contributed by atoms with Crippen LogP contribution in [0.15, 0.2) is 0 Å². The third-order valence-electron chi connectivity index (χ3n) is 1.56. The van der Waals surface area contributed by atoms with E-state index in [9.17, 15) is 9.18 Å². The normalized spacial score (nSPS) is 33.5. The van der Waals surface area contributed by atoms with Gasteiger partial charge in [-0.05, 0) is 0 Å². The Hall–Kier alpha value is -0.680. The number of cyclic esters (lactones) is 1. The minimum absolute atomic E-state index is 0.165. The lowest BCUT2D eigenvalue weighted by molar-refractivity contribution is -0.147. The highest BCUT2D eigenvalue weighted by Gasteiger charge is 2.38. The lowest BCUT2D eigenvalue weighted by Crippen LogP contribution is -2.35. The van der Waals surface area contributed by atoms with Gasteiger partial charge in [-0.1, -0.05) is 0 Å². The predicted octanol–water partition coefficient (Wildman–Crippen LogP) is -1.01. The van der Waals surface area contributed by atoms with E-state index < -0.39 is 31.0 Å². The first-order valence-corrected chi connectivity index (χ1v) is 3.26. The zero-order valence-electron chi connectivity index (χ0n) is 5.74. The van der Waals surface area contributed by atoms with E-state index in [4.69, 9.17) is 10.2 Å². The van der Waals surface area contributed by atoms with Gasteiger partial charge in [0.1, 0.15) is 18.9 Å². The Kier molecular flexibility index (Phi) is 2.41. The topological polar surface area (TPSA) is 66.8 Å². The highest BCUT2D eigenvalue weighted by molar-refractivity contribution is 5.72. The zero-order chi connectivity index (χ0) is 8.43. The van der Waals surface area contributed by atoms with Gasteiger partial charge in [0.05, 0.1) is 6.42 Å². The van der Waals surface area contributed by atoms with Crippen LogP contribution in [0, 0.1) is 0 Å². The van der Waals surface area contributed by atoms with Crippen molar-refractivity contribution in [3.63, 3.8) is 0 Å². The lowest BCUT2D eigenvalue weighted by Gasteiger charge is -2.16. The third-order valence-corrected chi connectivity index (χ3v) is 1.56. The summed E-state index contributed by atoms with van der Waals surface area (Å²) in [5.74, 6) is -0.602. The predicted molar refractivity (Wildman–Crippen MR) is 32.5 cm³/mol. The van der Waals surface area contributed by atoms with Gasteiger partial charge in [0.15, 0.2) is 6.10 Å². The van der Waals surface area contributed by atoms with Crippen LogP contribution in [0.1, 0.15) is 6.42 Å². The molecule has 3 unspecified atom stereocenters. The molecule has 0 spiro atoms. The molecule has 0 aliphatic carbocycles. The first-order valence-electron chi connectivity index (χ1n) is 3.26. The molecule has 1 rings (SSSR count). The summed E-state index contributed by atoms with van der Waals surface area (Å²) < 4.78 is 16.2. The number of halogens is 1. The standard InChI is InChI=1S/C6H9FO4/c7-2-4(9)6-3(8)1-5(10)11-6/h3-4,6,8-9H,1-2H2. The van der Waals surface area contributed by atoms with Crippen LogP contribution in [-0.4, -0.2) is 41.2 Å². The molecular weight excluding hydrogens is 155 g/mol. The van der Waals surface area contributed by atoms with Crippen LogP contribution in [0.25, 0.3) is 0 Å². The Morgan fingerprint density at radius 3 is 2.82 bits per heavy atom. The van der Waals surface area contributed by atoms with Crippen molar-refractivity contribution in [3.05, 3.63) is 0 Å². The van der Waals surface area contributed by atoms with Crippen molar-refractivity contribution in [1.82, 2.24) is 0 Å². The molecule has 5 heteroatoms. The molecule has 2 N–H and O–H groups in total. The minimum atomic E-state index is -1.41. The van der Waals surface area contributed by atoms with Crippen molar-refractivity contribution in [2.45, 2.75) is 24.7 Å². The fourth-order valence-electron chi connectivity index (χ4n) is 0.988. The maximum atomic E-state index is 11.8. The van der Waals surface area contributed by atoms with Crippen molar-refractivity contribution in [1.29, 1.82) is 0 Å². The van der Waals surface area contributed by atoms with Crippen molar-refractivity contribution < 1.29 is 24.1 Å². The van der Waals surface area contributed by atoms with Crippen LogP contribution < -0.4 is 0 Å². The van der Waals surface area contributed by atoms with Crippen LogP contribution in [0.4, 0.5) is 4.39 Å². The highest BCUT2D eigenvalue weighted by atomic mass is 19.1. The molecule has 1 aliphatic heterocycles. The van der Waals surface area contributed by atoms with Gasteiger partial charge >= 0.3 is 5.97 Å². The molecular formula is C6H9FO4. The number of hydrogen-bond acceptors (Lipinski definition) is 4. The minimum Gasteiger partial charge on any atom is -0.457 e. The number of aliphatic hydroxyl groups is 2. The van der Waals surface area contributed by atoms with Crippen LogP contribution in [0.3, 0.4) is 0 Å². The molecule has 64 valence electrons. The Bertz CT molecular complexity index is 161. The van der Waals surface area contributed by atoms with Gasteiger partial charge in [-0.25, -0.2) is 4.39 Å². The molecule has 0 bridgehead atoms. The van der Waals surface area contributed by atoms with Crippen molar-refractivity contribution in [2.24, 2.45) is 0 Å². The molecule has 1 saturated heterocycles. The van der Waals surface area contributed by atoms with Crippen LogP contribution >= 0.6 is 0 Å². The Morgan fingerprint density at radius 1 is 1.82 bits per heavy atom. The fraction of sp³-hybridized carbons (Fsp3) is 0.833. The molecule has 0 amide bonds. The molecule has 0 aromatic carbocycles. The molecule has 1 fully saturated rings. The summed E-state index contributed by atoms with van der Waals surface area (Å²) in [6.45, 7) is -1.02. The van der Waals surface area contributed by atoms with Gasteiger partial charge < -0.3 is 14.9 Å². The fourth-order valence-corrected chi connectivity index (χ4v) is 0.988. The number of ether oxygens (including phenoxy) is 1. The number of aliphatic hydroxyl groups excluding tert-OH is 2. The molecule has 1 aliphatic rings. The van der Waals surface area contributed by atoms with E-state index in [2.05, 4.69) is 4.74 Å². The van der Waals surface area contributed by atoms with Crippen molar-refractivity contribution in [3.8, 4) is 0 Å². The number of hydrogen-bond donors (Lipinski definition) is 2. The number of rotatable bonds is 2. The van der Waals surface area contributed by atoms with E-state index in [-0.39, 0.29) is 6.42 Å². The first-order chi connectivity index (χ1) is 5.15. The third kappa shape index (κ3) is 1.66. The average molecular weight is 164 g/mol. The second kappa shape index (κ2) is 3.15. The van der Waals surface area contributed by atoms with Crippen LogP contribution in [0.2, 0.25) is 0 Å². The Morgan fingerprint density at radius 2 is 2.45 bits per heavy atom. The van der Waals surface area contributed by atoms with Crippen LogP contribution in [-0.2, 0) is 9.53 Å². The second-order valence-corrected chi connectivity index (χ2v) is 2.45. The number of alkyl halides is 1. The maximum Gasteiger partial charge on any atom is 0.309 e. The van der Waals surface area contributed by atoms with E-state index in [1.54, 1.807) is 0 Å². The van der Waals surface area contributed by atoms with Crippen molar-refractivity contribution >= 4 is 5.97 Å². The van der Waals surface area contributed by atoms with E-state index >= 15 is 0 Å². The Balaban J connectivity index is 2.52. The molecule has 0 aromatic rings. The van der Waals surface area contributed by atoms with Gasteiger partial charge in [0.25, 0.3) is 0 Å². The van der Waals surface area contributed by atoms with E-state index in [1.165, 1.54) is 0 Å². The quantitative estimate of drug-likeness (QED) is 0.513. The molecule has 0 saturated carbocycles. The van der Waals surface area contributed by atoms with E-state index in [1.807, 2.05) is 0 Å². The maximum absolute atomic E-state index is 11.8. The van der Waals surface area contributed by atoms with Gasteiger partial charge in [0, 0.05) is 0 Å².